The van der Waals surface area contributed by atoms with Crippen LogP contribution in [0.25, 0.3) is 0 Å². The first kappa shape index (κ1) is 15.2. The average Bonchev–Trinajstić information content (AvgIpc) is 2.46. The monoisotopic (exact) mass is 298 g/mol. The summed E-state index contributed by atoms with van der Waals surface area (Å²) in [5.74, 6) is 1.19. The van der Waals surface area contributed by atoms with Gasteiger partial charge in [0.2, 0.25) is 0 Å². The molecule has 0 amide bonds. The van der Waals surface area contributed by atoms with Crippen LogP contribution in [0.4, 0.5) is 0 Å². The van der Waals surface area contributed by atoms with Crippen molar-refractivity contribution >= 4 is 23.4 Å². The summed E-state index contributed by atoms with van der Waals surface area (Å²) < 4.78 is 0. The van der Waals surface area contributed by atoms with Crippen LogP contribution < -0.4 is 0 Å². The van der Waals surface area contributed by atoms with Crippen molar-refractivity contribution in [2.75, 3.05) is 45.0 Å². The molecule has 19 heavy (non-hydrogen) atoms. The molecule has 106 valence electrons. The van der Waals surface area contributed by atoms with Crippen molar-refractivity contribution in [1.29, 1.82) is 0 Å². The highest BCUT2D eigenvalue weighted by atomic mass is 35.5. The molecule has 1 aromatic carbocycles. The van der Waals surface area contributed by atoms with Gasteiger partial charge in [0.25, 0.3) is 0 Å². The van der Waals surface area contributed by atoms with Crippen LogP contribution in [0.3, 0.4) is 0 Å². The zero-order valence-corrected chi connectivity index (χ0v) is 13.2. The van der Waals surface area contributed by atoms with E-state index in [4.69, 9.17) is 11.6 Å². The van der Waals surface area contributed by atoms with Crippen molar-refractivity contribution < 1.29 is 0 Å². The van der Waals surface area contributed by atoms with Gasteiger partial charge in [-0.1, -0.05) is 18.5 Å². The van der Waals surface area contributed by atoms with E-state index in [1.165, 1.54) is 56.3 Å². The second kappa shape index (κ2) is 8.15. The Kier molecular flexibility index (Phi) is 6.51. The highest BCUT2D eigenvalue weighted by Gasteiger charge is 2.14. The Morgan fingerprint density at radius 2 is 1.68 bits per heavy atom. The molecule has 1 aliphatic heterocycles. The summed E-state index contributed by atoms with van der Waals surface area (Å²) in [5, 5.41) is 0.818. The number of piperazine rings is 1. The lowest BCUT2D eigenvalue weighted by Gasteiger charge is -2.33. The molecule has 4 heteroatoms. The third-order valence-electron chi connectivity index (χ3n) is 3.61. The predicted molar refractivity (Wildman–Crippen MR) is 85.3 cm³/mol. The summed E-state index contributed by atoms with van der Waals surface area (Å²) in [5.41, 5.74) is 0. The molecule has 2 nitrogen and oxygen atoms in total. The number of nitrogens with zero attached hydrogens (tertiary/aromatic N) is 2. The molecule has 0 N–H and O–H groups in total. The van der Waals surface area contributed by atoms with Crippen molar-refractivity contribution in [3.63, 3.8) is 0 Å². The van der Waals surface area contributed by atoms with E-state index in [9.17, 15) is 0 Å². The Balaban J connectivity index is 1.58. The van der Waals surface area contributed by atoms with Crippen LogP contribution in [0, 0.1) is 0 Å². The second-order valence-electron chi connectivity index (χ2n) is 4.93. The first-order chi connectivity index (χ1) is 9.28. The molecular formula is C15H23ClN2S. The van der Waals surface area contributed by atoms with Gasteiger partial charge < -0.3 is 9.80 Å². The highest BCUT2D eigenvalue weighted by Crippen LogP contribution is 2.21. The van der Waals surface area contributed by atoms with Gasteiger partial charge in [0.1, 0.15) is 0 Å². The number of benzene rings is 1. The smallest absolute Gasteiger partial charge is 0.0406 e. The molecule has 0 spiro atoms. The van der Waals surface area contributed by atoms with E-state index in [-0.39, 0.29) is 0 Å². The molecule has 2 rings (SSSR count). The maximum atomic E-state index is 5.88. The summed E-state index contributed by atoms with van der Waals surface area (Å²) >= 11 is 7.81. The normalized spacial score (nSPS) is 17.8. The van der Waals surface area contributed by atoms with Gasteiger partial charge in [0.15, 0.2) is 0 Å². The SMILES string of the molecule is CCN1CCN(CCCSc2ccc(Cl)cc2)CC1. The van der Waals surface area contributed by atoms with E-state index in [1.807, 2.05) is 23.9 Å². The van der Waals surface area contributed by atoms with Crippen LogP contribution in [0.15, 0.2) is 29.2 Å². The van der Waals surface area contributed by atoms with E-state index >= 15 is 0 Å². The van der Waals surface area contributed by atoms with Crippen molar-refractivity contribution in [1.82, 2.24) is 9.80 Å². The lowest BCUT2D eigenvalue weighted by atomic mass is 10.3. The Morgan fingerprint density at radius 3 is 2.32 bits per heavy atom. The van der Waals surface area contributed by atoms with Crippen molar-refractivity contribution in [2.45, 2.75) is 18.2 Å². The first-order valence-corrected chi connectivity index (χ1v) is 8.47. The van der Waals surface area contributed by atoms with Crippen LogP contribution in [-0.4, -0.2) is 54.8 Å². The molecular weight excluding hydrogens is 276 g/mol. The molecule has 0 aromatic heterocycles. The predicted octanol–water partition coefficient (Wildman–Crippen LogP) is 3.46. The van der Waals surface area contributed by atoms with Crippen LogP contribution in [-0.2, 0) is 0 Å². The van der Waals surface area contributed by atoms with Gasteiger partial charge in [0, 0.05) is 36.1 Å². The molecule has 1 heterocycles. The molecule has 0 radical (unpaired) electrons. The van der Waals surface area contributed by atoms with E-state index in [0.717, 1.165) is 5.02 Å². The minimum Gasteiger partial charge on any atom is -0.301 e. The second-order valence-corrected chi connectivity index (χ2v) is 6.54. The molecule has 1 saturated heterocycles. The fourth-order valence-corrected chi connectivity index (χ4v) is 3.30. The lowest BCUT2D eigenvalue weighted by Crippen LogP contribution is -2.46. The summed E-state index contributed by atoms with van der Waals surface area (Å²) in [6, 6.07) is 8.14. The number of halogens is 1. The zero-order chi connectivity index (χ0) is 13.5. The van der Waals surface area contributed by atoms with Crippen molar-refractivity contribution in [2.24, 2.45) is 0 Å². The van der Waals surface area contributed by atoms with Gasteiger partial charge in [-0.15, -0.1) is 11.8 Å². The molecule has 1 aliphatic rings. The van der Waals surface area contributed by atoms with Gasteiger partial charge in [-0.2, -0.15) is 0 Å². The summed E-state index contributed by atoms with van der Waals surface area (Å²) in [6.07, 6.45) is 1.26. The molecule has 0 aliphatic carbocycles. The molecule has 0 bridgehead atoms. The van der Waals surface area contributed by atoms with Crippen LogP contribution in [0.5, 0.6) is 0 Å². The van der Waals surface area contributed by atoms with Gasteiger partial charge in [-0.3, -0.25) is 0 Å². The quantitative estimate of drug-likeness (QED) is 0.587. The minimum absolute atomic E-state index is 0.818. The standard InChI is InChI=1S/C15H23ClN2S/c1-2-17-9-11-18(12-10-17)8-3-13-19-15-6-4-14(16)5-7-15/h4-7H,2-3,8-13H2,1H3. The fraction of sp³-hybridized carbons (Fsp3) is 0.600. The molecule has 0 atom stereocenters. The molecule has 0 unspecified atom stereocenters. The molecule has 1 aromatic rings. The summed E-state index contributed by atoms with van der Waals surface area (Å²) in [6.45, 7) is 9.62. The van der Waals surface area contributed by atoms with Gasteiger partial charge in [0.05, 0.1) is 0 Å². The number of hydrogen-bond donors (Lipinski definition) is 0. The Bertz CT molecular complexity index is 361. The van der Waals surface area contributed by atoms with Crippen molar-refractivity contribution in [3.8, 4) is 0 Å². The van der Waals surface area contributed by atoms with E-state index < -0.39 is 0 Å². The van der Waals surface area contributed by atoms with Crippen molar-refractivity contribution in [3.05, 3.63) is 29.3 Å². The number of hydrogen-bond acceptors (Lipinski definition) is 3. The minimum atomic E-state index is 0.818. The van der Waals surface area contributed by atoms with Gasteiger partial charge >= 0.3 is 0 Å². The lowest BCUT2D eigenvalue weighted by molar-refractivity contribution is 0.138. The summed E-state index contributed by atoms with van der Waals surface area (Å²) in [7, 11) is 0. The molecule has 1 fully saturated rings. The number of rotatable bonds is 6. The van der Waals surface area contributed by atoms with Crippen LogP contribution >= 0.6 is 23.4 Å². The Morgan fingerprint density at radius 1 is 1.05 bits per heavy atom. The third-order valence-corrected chi connectivity index (χ3v) is 4.96. The van der Waals surface area contributed by atoms with Crippen LogP contribution in [0.1, 0.15) is 13.3 Å². The number of thioether (sulfide) groups is 1. The number of likely N-dealkylation sites (N-methyl/N-ethyl adjacent to an activating group) is 1. The fourth-order valence-electron chi connectivity index (χ4n) is 2.34. The molecule has 0 saturated carbocycles. The summed E-state index contributed by atoms with van der Waals surface area (Å²) in [4.78, 5) is 6.44. The first-order valence-electron chi connectivity index (χ1n) is 7.11. The van der Waals surface area contributed by atoms with E-state index in [1.54, 1.807) is 0 Å². The van der Waals surface area contributed by atoms with Crippen LogP contribution in [0.2, 0.25) is 5.02 Å². The zero-order valence-electron chi connectivity index (χ0n) is 11.6. The van der Waals surface area contributed by atoms with E-state index in [2.05, 4.69) is 28.9 Å². The van der Waals surface area contributed by atoms with Gasteiger partial charge in [-0.25, -0.2) is 0 Å². The van der Waals surface area contributed by atoms with E-state index in [0.29, 0.717) is 0 Å². The Hall–Kier alpha value is -0.220. The highest BCUT2D eigenvalue weighted by molar-refractivity contribution is 7.99. The largest absolute Gasteiger partial charge is 0.301 e. The maximum Gasteiger partial charge on any atom is 0.0406 e. The van der Waals surface area contributed by atoms with Gasteiger partial charge in [-0.05, 0) is 49.5 Å². The third kappa shape index (κ3) is 5.35. The topological polar surface area (TPSA) is 6.48 Å². The average molecular weight is 299 g/mol. The Labute approximate surface area is 126 Å². The maximum absolute atomic E-state index is 5.88.